The maximum Gasteiger partial charge on any atom is 0.221 e. The molecular formula is C28H31NO3. The van der Waals surface area contributed by atoms with Crippen molar-refractivity contribution in [2.24, 2.45) is 0 Å². The summed E-state index contributed by atoms with van der Waals surface area (Å²) < 4.78 is 11.1. The van der Waals surface area contributed by atoms with Gasteiger partial charge in [0.25, 0.3) is 0 Å². The number of methoxy groups -OCH3 is 2. The van der Waals surface area contributed by atoms with Crippen LogP contribution < -0.4 is 14.8 Å². The summed E-state index contributed by atoms with van der Waals surface area (Å²) in [5.74, 6) is 1.47. The average molecular weight is 430 g/mol. The molecule has 3 aromatic carbocycles. The maximum absolute atomic E-state index is 11.1. The van der Waals surface area contributed by atoms with Gasteiger partial charge in [0.15, 0.2) is 11.5 Å². The van der Waals surface area contributed by atoms with Crippen molar-refractivity contribution >= 4 is 34.5 Å². The van der Waals surface area contributed by atoms with Crippen LogP contribution in [0.25, 0.3) is 22.9 Å². The third-order valence-electron chi connectivity index (χ3n) is 5.25. The smallest absolute Gasteiger partial charge is 0.221 e. The number of anilines is 1. The van der Waals surface area contributed by atoms with E-state index >= 15 is 0 Å². The maximum atomic E-state index is 11.1. The van der Waals surface area contributed by atoms with Crippen LogP contribution in [0.2, 0.25) is 0 Å². The molecule has 0 bridgehead atoms. The van der Waals surface area contributed by atoms with Gasteiger partial charge in [-0.3, -0.25) is 4.79 Å². The summed E-state index contributed by atoms with van der Waals surface area (Å²) >= 11 is 0. The molecule has 4 heteroatoms. The topological polar surface area (TPSA) is 47.6 Å². The van der Waals surface area contributed by atoms with Gasteiger partial charge in [-0.1, -0.05) is 60.7 Å². The number of carbonyl (C=O) groups excluding carboxylic acids is 1. The van der Waals surface area contributed by atoms with Gasteiger partial charge < -0.3 is 14.8 Å². The van der Waals surface area contributed by atoms with Gasteiger partial charge in [0, 0.05) is 18.0 Å². The summed E-state index contributed by atoms with van der Waals surface area (Å²) in [6, 6.07) is 18.1. The molecular weight excluding hydrogens is 398 g/mol. The van der Waals surface area contributed by atoms with Gasteiger partial charge in [0.2, 0.25) is 5.91 Å². The molecule has 0 aromatic heterocycles. The molecule has 0 fully saturated rings. The molecule has 3 rings (SSSR count). The van der Waals surface area contributed by atoms with Gasteiger partial charge in [-0.15, -0.1) is 0 Å². The summed E-state index contributed by atoms with van der Waals surface area (Å²) in [4.78, 5) is 11.1. The van der Waals surface area contributed by atoms with Crippen LogP contribution in [0.5, 0.6) is 11.5 Å². The van der Waals surface area contributed by atoms with E-state index in [9.17, 15) is 4.79 Å². The van der Waals surface area contributed by atoms with Crippen LogP contribution in [0, 0.1) is 0 Å². The summed E-state index contributed by atoms with van der Waals surface area (Å²) in [6.07, 6.45) is 13.1. The van der Waals surface area contributed by atoms with Crippen molar-refractivity contribution in [3.63, 3.8) is 0 Å². The number of benzene rings is 3. The third kappa shape index (κ3) is 6.24. The number of nitrogens with one attached hydrogen (secondary N) is 1. The second kappa shape index (κ2) is 11.8. The van der Waals surface area contributed by atoms with Crippen molar-refractivity contribution < 1.29 is 14.3 Å². The fraction of sp³-hybridized carbons (Fsp3) is 0.250. The molecule has 0 saturated carbocycles. The van der Waals surface area contributed by atoms with E-state index in [4.69, 9.17) is 9.47 Å². The largest absolute Gasteiger partial charge is 0.493 e. The monoisotopic (exact) mass is 429 g/mol. The van der Waals surface area contributed by atoms with Crippen LogP contribution >= 0.6 is 0 Å². The fourth-order valence-corrected chi connectivity index (χ4v) is 3.69. The zero-order valence-electron chi connectivity index (χ0n) is 19.1. The van der Waals surface area contributed by atoms with E-state index in [1.807, 2.05) is 42.5 Å². The number of hydrogen-bond donors (Lipinski definition) is 1. The Bertz CT molecular complexity index is 1100. The van der Waals surface area contributed by atoms with Gasteiger partial charge in [-0.25, -0.2) is 0 Å². The molecule has 4 nitrogen and oxygen atoms in total. The summed E-state index contributed by atoms with van der Waals surface area (Å²) in [6.45, 7) is 1.51. The molecule has 166 valence electrons. The Hall–Kier alpha value is -3.53. The molecule has 0 aliphatic heterocycles. The lowest BCUT2D eigenvalue weighted by Gasteiger charge is -2.13. The first-order valence-corrected chi connectivity index (χ1v) is 11.0. The van der Waals surface area contributed by atoms with Gasteiger partial charge in [-0.05, 0) is 60.4 Å². The SMILES string of the molecule is COc1cc(C=CCCCCC=Cc2ccc(NC(C)=O)cc2)c2ccccc2c1OC. The highest BCUT2D eigenvalue weighted by atomic mass is 16.5. The fourth-order valence-electron chi connectivity index (χ4n) is 3.69. The van der Waals surface area contributed by atoms with Crippen molar-refractivity contribution in [2.45, 2.75) is 32.6 Å². The third-order valence-corrected chi connectivity index (χ3v) is 5.25. The van der Waals surface area contributed by atoms with E-state index in [-0.39, 0.29) is 5.91 Å². The molecule has 1 amide bonds. The second-order valence-corrected chi connectivity index (χ2v) is 7.64. The van der Waals surface area contributed by atoms with Crippen LogP contribution in [0.1, 0.15) is 43.7 Å². The molecule has 3 aromatic rings. The van der Waals surface area contributed by atoms with E-state index < -0.39 is 0 Å². The van der Waals surface area contributed by atoms with E-state index in [1.54, 1.807) is 14.2 Å². The van der Waals surface area contributed by atoms with Crippen molar-refractivity contribution in [1.29, 1.82) is 0 Å². The Morgan fingerprint density at radius 3 is 2.16 bits per heavy atom. The lowest BCUT2D eigenvalue weighted by Crippen LogP contribution is -2.05. The number of carbonyl (C=O) groups is 1. The predicted molar refractivity (Wildman–Crippen MR) is 134 cm³/mol. The molecule has 0 saturated heterocycles. The Balaban J connectivity index is 1.50. The molecule has 32 heavy (non-hydrogen) atoms. The van der Waals surface area contributed by atoms with Gasteiger partial charge >= 0.3 is 0 Å². The predicted octanol–water partition coefficient (Wildman–Crippen LogP) is 7.10. The van der Waals surface area contributed by atoms with E-state index in [0.717, 1.165) is 64.8 Å². The first-order chi connectivity index (χ1) is 15.6. The highest BCUT2D eigenvalue weighted by Crippen LogP contribution is 2.38. The molecule has 0 spiro atoms. The Kier molecular flexibility index (Phi) is 8.50. The van der Waals surface area contributed by atoms with Crippen LogP contribution in [0.3, 0.4) is 0 Å². The number of fused-ring (bicyclic) bond motifs is 1. The minimum Gasteiger partial charge on any atom is -0.493 e. The first-order valence-electron chi connectivity index (χ1n) is 11.0. The zero-order chi connectivity index (χ0) is 22.8. The molecule has 0 heterocycles. The highest BCUT2D eigenvalue weighted by Gasteiger charge is 2.11. The molecule has 0 aliphatic rings. The standard InChI is InChI=1S/C28H31NO3/c1-21(30)29-24-18-16-22(17-19-24)12-8-6-4-5-7-9-13-23-20-27(31-2)28(32-3)26-15-11-10-14-25(23)26/h8-20H,4-7H2,1-3H3,(H,29,30). The van der Waals surface area contributed by atoms with E-state index in [1.165, 1.54) is 6.92 Å². The lowest BCUT2D eigenvalue weighted by atomic mass is 10.0. The lowest BCUT2D eigenvalue weighted by molar-refractivity contribution is -0.114. The number of amides is 1. The van der Waals surface area contributed by atoms with E-state index in [0.29, 0.717) is 0 Å². The minimum absolute atomic E-state index is 0.0540. The molecule has 0 aliphatic carbocycles. The molecule has 0 atom stereocenters. The van der Waals surface area contributed by atoms with Crippen molar-refractivity contribution in [2.75, 3.05) is 19.5 Å². The van der Waals surface area contributed by atoms with E-state index in [2.05, 4.69) is 41.8 Å². The van der Waals surface area contributed by atoms with Gasteiger partial charge in [-0.2, -0.15) is 0 Å². The summed E-state index contributed by atoms with van der Waals surface area (Å²) in [7, 11) is 3.35. The van der Waals surface area contributed by atoms with Crippen LogP contribution in [0.4, 0.5) is 5.69 Å². The molecule has 0 radical (unpaired) electrons. The minimum atomic E-state index is -0.0540. The highest BCUT2D eigenvalue weighted by molar-refractivity contribution is 5.97. The number of allylic oxidation sites excluding steroid dienone is 2. The van der Waals surface area contributed by atoms with Crippen LogP contribution in [-0.4, -0.2) is 20.1 Å². The summed E-state index contributed by atoms with van der Waals surface area (Å²) in [5, 5.41) is 5.00. The quantitative estimate of drug-likeness (QED) is 0.350. The molecule has 1 N–H and O–H groups in total. The normalized spacial score (nSPS) is 11.3. The first kappa shape index (κ1) is 23.1. The summed E-state index contributed by atoms with van der Waals surface area (Å²) in [5.41, 5.74) is 3.10. The Morgan fingerprint density at radius 1 is 0.875 bits per heavy atom. The number of rotatable bonds is 10. The molecule has 0 unspecified atom stereocenters. The Labute approximate surface area is 190 Å². The van der Waals surface area contributed by atoms with Crippen LogP contribution in [0.15, 0.2) is 66.7 Å². The Morgan fingerprint density at radius 2 is 1.53 bits per heavy atom. The van der Waals surface area contributed by atoms with Crippen molar-refractivity contribution in [3.8, 4) is 11.5 Å². The van der Waals surface area contributed by atoms with Gasteiger partial charge in [0.05, 0.1) is 14.2 Å². The average Bonchev–Trinajstić information content (AvgIpc) is 2.81. The van der Waals surface area contributed by atoms with Crippen LogP contribution in [-0.2, 0) is 4.79 Å². The number of hydrogen-bond acceptors (Lipinski definition) is 3. The van der Waals surface area contributed by atoms with Gasteiger partial charge in [0.1, 0.15) is 0 Å². The van der Waals surface area contributed by atoms with Crippen molar-refractivity contribution in [3.05, 3.63) is 77.9 Å². The van der Waals surface area contributed by atoms with Crippen molar-refractivity contribution in [1.82, 2.24) is 0 Å². The number of unbranched alkanes of at least 4 members (excludes halogenated alkanes) is 3. The second-order valence-electron chi connectivity index (χ2n) is 7.64. The number of ether oxygens (including phenoxy) is 2. The zero-order valence-corrected chi connectivity index (χ0v) is 19.1.